The number of aryl methyl sites for hydroxylation is 1. The largest absolute Gasteiger partial charge is 0.490 e. The summed E-state index contributed by atoms with van der Waals surface area (Å²) in [5, 5.41) is 9.59. The highest BCUT2D eigenvalue weighted by atomic mass is 16.6. The number of aromatic amines is 1. The van der Waals surface area contributed by atoms with Crippen molar-refractivity contribution in [3.63, 3.8) is 0 Å². The number of H-pyrrole nitrogens is 1. The van der Waals surface area contributed by atoms with E-state index in [1.54, 1.807) is 24.3 Å². The molecule has 1 aromatic heterocycles. The minimum Gasteiger partial charge on any atom is -0.490 e. The Balaban J connectivity index is 2.00. The molecule has 0 radical (unpaired) electrons. The molecule has 2 aromatic carbocycles. The molecule has 0 saturated carbocycles. The van der Waals surface area contributed by atoms with E-state index in [9.17, 15) is 10.1 Å². The van der Waals surface area contributed by atoms with Crippen LogP contribution in [-0.2, 0) is 4.79 Å². The summed E-state index contributed by atoms with van der Waals surface area (Å²) in [5.41, 5.74) is 3.93. The van der Waals surface area contributed by atoms with Gasteiger partial charge in [0.2, 0.25) is 0 Å². The topological polar surface area (TPSA) is 88.0 Å². The van der Waals surface area contributed by atoms with Crippen molar-refractivity contribution in [1.82, 2.24) is 9.97 Å². The molecule has 3 rings (SSSR count). The first kappa shape index (κ1) is 18.2. The number of imidazole rings is 1. The number of esters is 1. The van der Waals surface area contributed by atoms with Gasteiger partial charge in [-0.15, -0.1) is 0 Å². The number of carbonyl (C=O) groups is 1. The lowest BCUT2D eigenvalue weighted by Gasteiger charge is -2.10. The summed E-state index contributed by atoms with van der Waals surface area (Å²) in [6, 6.07) is 13.2. The molecule has 6 nitrogen and oxygen atoms in total. The zero-order valence-corrected chi connectivity index (χ0v) is 15.4. The average molecular weight is 361 g/mol. The minimum atomic E-state index is -0.422. The Hall–Kier alpha value is -3.59. The molecule has 3 aromatic rings. The van der Waals surface area contributed by atoms with E-state index in [1.165, 1.54) is 6.92 Å². The van der Waals surface area contributed by atoms with Crippen LogP contribution in [0.1, 0.15) is 30.8 Å². The zero-order chi connectivity index (χ0) is 19.4. The minimum absolute atomic E-state index is 0.346. The van der Waals surface area contributed by atoms with Gasteiger partial charge in [0.05, 0.1) is 23.2 Å². The fourth-order valence-corrected chi connectivity index (χ4v) is 2.69. The SMILES string of the molecule is CCOc1cc(/C=C(\C#N)c2nc3ccc(C)cc3[nH]2)ccc1OC(C)=O. The molecule has 0 saturated heterocycles. The standard InChI is InChI=1S/C21H19N3O3/c1-4-26-20-11-15(6-8-19(20)27-14(3)25)10-16(12-22)21-23-17-7-5-13(2)9-18(17)24-21/h5-11H,4H2,1-3H3,(H,23,24)/b16-10+. The molecule has 0 amide bonds. The van der Waals surface area contributed by atoms with E-state index in [1.807, 2.05) is 32.0 Å². The predicted octanol–water partition coefficient (Wildman–Crippen LogP) is 4.26. The lowest BCUT2D eigenvalue weighted by molar-refractivity contribution is -0.132. The average Bonchev–Trinajstić information content (AvgIpc) is 3.04. The van der Waals surface area contributed by atoms with Crippen LogP contribution in [0.3, 0.4) is 0 Å². The molecule has 6 heteroatoms. The van der Waals surface area contributed by atoms with Gasteiger partial charge < -0.3 is 14.5 Å². The van der Waals surface area contributed by atoms with E-state index in [4.69, 9.17) is 9.47 Å². The molecule has 0 aliphatic heterocycles. The monoisotopic (exact) mass is 361 g/mol. The number of aromatic nitrogens is 2. The van der Waals surface area contributed by atoms with Gasteiger partial charge in [-0.05, 0) is 55.3 Å². The van der Waals surface area contributed by atoms with Crippen molar-refractivity contribution < 1.29 is 14.3 Å². The van der Waals surface area contributed by atoms with Crippen molar-refractivity contribution in [1.29, 1.82) is 5.26 Å². The van der Waals surface area contributed by atoms with E-state index in [-0.39, 0.29) is 0 Å². The maximum atomic E-state index is 11.2. The van der Waals surface area contributed by atoms with Crippen molar-refractivity contribution in [3.8, 4) is 17.6 Å². The summed E-state index contributed by atoms with van der Waals surface area (Å²) in [4.78, 5) is 18.9. The molecule has 27 heavy (non-hydrogen) atoms. The van der Waals surface area contributed by atoms with Gasteiger partial charge in [0.1, 0.15) is 11.9 Å². The molecular weight excluding hydrogens is 342 g/mol. The van der Waals surface area contributed by atoms with Gasteiger partial charge >= 0.3 is 5.97 Å². The quantitative estimate of drug-likeness (QED) is 0.417. The summed E-state index contributed by atoms with van der Waals surface area (Å²) in [5.74, 6) is 0.868. The van der Waals surface area contributed by atoms with Crippen LogP contribution in [-0.4, -0.2) is 22.5 Å². The summed E-state index contributed by atoms with van der Waals surface area (Å²) < 4.78 is 10.7. The van der Waals surface area contributed by atoms with Gasteiger partial charge in [0, 0.05) is 6.92 Å². The summed E-state index contributed by atoms with van der Waals surface area (Å²) in [6.45, 7) is 5.61. The van der Waals surface area contributed by atoms with Crippen LogP contribution >= 0.6 is 0 Å². The van der Waals surface area contributed by atoms with Crippen molar-refractivity contribution in [3.05, 3.63) is 53.3 Å². The smallest absolute Gasteiger partial charge is 0.308 e. The Morgan fingerprint density at radius 3 is 2.78 bits per heavy atom. The number of nitriles is 1. The third-order valence-corrected chi connectivity index (χ3v) is 3.85. The van der Waals surface area contributed by atoms with Crippen molar-refractivity contribution in [2.75, 3.05) is 6.61 Å². The maximum Gasteiger partial charge on any atom is 0.308 e. The zero-order valence-electron chi connectivity index (χ0n) is 15.4. The Kier molecular flexibility index (Phi) is 5.23. The van der Waals surface area contributed by atoms with E-state index in [0.717, 1.165) is 22.2 Å². The van der Waals surface area contributed by atoms with Crippen LogP contribution in [0.15, 0.2) is 36.4 Å². The summed E-state index contributed by atoms with van der Waals surface area (Å²) >= 11 is 0. The molecule has 0 atom stereocenters. The third kappa shape index (κ3) is 4.15. The van der Waals surface area contributed by atoms with Gasteiger partial charge in [0.25, 0.3) is 0 Å². The first-order valence-corrected chi connectivity index (χ1v) is 8.54. The number of allylic oxidation sites excluding steroid dienone is 1. The molecule has 0 fully saturated rings. The van der Waals surface area contributed by atoms with Gasteiger partial charge in [-0.1, -0.05) is 12.1 Å². The van der Waals surface area contributed by atoms with E-state index < -0.39 is 5.97 Å². The number of nitrogens with zero attached hydrogens (tertiary/aromatic N) is 2. The normalized spacial score (nSPS) is 11.3. The lowest BCUT2D eigenvalue weighted by atomic mass is 10.1. The van der Waals surface area contributed by atoms with Gasteiger partial charge in [0.15, 0.2) is 11.5 Å². The first-order valence-electron chi connectivity index (χ1n) is 8.54. The van der Waals surface area contributed by atoms with Crippen LogP contribution in [0.5, 0.6) is 11.5 Å². The fraction of sp³-hybridized carbons (Fsp3) is 0.190. The second-order valence-electron chi connectivity index (χ2n) is 6.01. The van der Waals surface area contributed by atoms with Crippen LogP contribution in [0.4, 0.5) is 0 Å². The third-order valence-electron chi connectivity index (χ3n) is 3.85. The molecular formula is C21H19N3O3. The molecule has 0 spiro atoms. The molecule has 0 aliphatic rings. The molecule has 136 valence electrons. The Bertz CT molecular complexity index is 1070. The van der Waals surface area contributed by atoms with Crippen LogP contribution in [0.25, 0.3) is 22.7 Å². The van der Waals surface area contributed by atoms with Crippen LogP contribution < -0.4 is 9.47 Å². The number of ether oxygens (including phenoxy) is 2. The highest BCUT2D eigenvalue weighted by molar-refractivity contribution is 5.90. The first-order chi connectivity index (χ1) is 13.0. The van der Waals surface area contributed by atoms with Crippen LogP contribution in [0, 0.1) is 18.3 Å². The number of benzene rings is 2. The number of hydrogen-bond donors (Lipinski definition) is 1. The van der Waals surface area contributed by atoms with Crippen LogP contribution in [0.2, 0.25) is 0 Å². The van der Waals surface area contributed by atoms with E-state index in [2.05, 4.69) is 16.0 Å². The number of nitrogens with one attached hydrogen (secondary N) is 1. The Labute approximate surface area is 157 Å². The Morgan fingerprint density at radius 1 is 1.26 bits per heavy atom. The Morgan fingerprint density at radius 2 is 2.07 bits per heavy atom. The molecule has 1 N–H and O–H groups in total. The maximum absolute atomic E-state index is 11.2. The number of hydrogen-bond acceptors (Lipinski definition) is 5. The number of fused-ring (bicyclic) bond motifs is 1. The number of rotatable bonds is 5. The van der Waals surface area contributed by atoms with Crippen molar-refractivity contribution >= 4 is 28.7 Å². The van der Waals surface area contributed by atoms with Gasteiger partial charge in [-0.3, -0.25) is 4.79 Å². The molecule has 0 bridgehead atoms. The van der Waals surface area contributed by atoms with Gasteiger partial charge in [-0.2, -0.15) is 5.26 Å². The second kappa shape index (κ2) is 7.75. The lowest BCUT2D eigenvalue weighted by Crippen LogP contribution is -2.04. The van der Waals surface area contributed by atoms with E-state index in [0.29, 0.717) is 29.5 Å². The highest BCUT2D eigenvalue weighted by Crippen LogP contribution is 2.30. The molecule has 1 heterocycles. The van der Waals surface area contributed by atoms with Gasteiger partial charge in [-0.25, -0.2) is 4.98 Å². The fourth-order valence-electron chi connectivity index (χ4n) is 2.69. The van der Waals surface area contributed by atoms with Crippen molar-refractivity contribution in [2.45, 2.75) is 20.8 Å². The summed E-state index contributed by atoms with van der Waals surface area (Å²) in [6.07, 6.45) is 1.71. The predicted molar refractivity (Wildman–Crippen MR) is 103 cm³/mol. The second-order valence-corrected chi connectivity index (χ2v) is 6.01. The number of carbonyl (C=O) groups excluding carboxylic acids is 1. The molecule has 0 unspecified atom stereocenters. The molecule has 0 aliphatic carbocycles. The van der Waals surface area contributed by atoms with E-state index >= 15 is 0 Å². The summed E-state index contributed by atoms with van der Waals surface area (Å²) in [7, 11) is 0. The van der Waals surface area contributed by atoms with Crippen molar-refractivity contribution in [2.24, 2.45) is 0 Å². The highest BCUT2D eigenvalue weighted by Gasteiger charge is 2.11.